The van der Waals surface area contributed by atoms with Gasteiger partial charge in [-0.2, -0.15) is 0 Å². The number of hydrogen-bond acceptors (Lipinski definition) is 5. The molecule has 2 rings (SSSR count). The molecule has 2 heterocycles. The minimum atomic E-state index is -0.219. The fourth-order valence-electron chi connectivity index (χ4n) is 2.87. The number of likely N-dealkylation sites (N-methyl/N-ethyl adjacent to an activating group) is 1. The maximum atomic E-state index is 12.5. The highest BCUT2D eigenvalue weighted by Crippen LogP contribution is 2.21. The average Bonchev–Trinajstić information content (AvgIpc) is 2.98. The number of fused-ring (bicyclic) bond motifs is 1. The first kappa shape index (κ1) is 19.4. The molecule has 1 aromatic heterocycles. The zero-order valence-electron chi connectivity index (χ0n) is 15.4. The number of nitrogens with one attached hydrogen (secondary N) is 2. The van der Waals surface area contributed by atoms with Crippen LogP contribution in [0.25, 0.3) is 0 Å². The van der Waals surface area contributed by atoms with Crippen molar-refractivity contribution in [2.24, 2.45) is 0 Å². The highest BCUT2D eigenvalue weighted by atomic mass is 16.5. The van der Waals surface area contributed by atoms with Gasteiger partial charge in [0, 0.05) is 39.9 Å². The van der Waals surface area contributed by atoms with Crippen LogP contribution in [0.3, 0.4) is 0 Å². The summed E-state index contributed by atoms with van der Waals surface area (Å²) in [4.78, 5) is 31.3. The fourth-order valence-corrected chi connectivity index (χ4v) is 2.87. The normalized spacial score (nSPS) is 13.6. The van der Waals surface area contributed by atoms with Crippen LogP contribution in [0.4, 0.5) is 0 Å². The predicted molar refractivity (Wildman–Crippen MR) is 94.9 cm³/mol. The quantitative estimate of drug-likeness (QED) is 0.624. The Morgan fingerprint density at radius 1 is 1.20 bits per heavy atom. The molecular weight excluding hydrogens is 322 g/mol. The number of amides is 2. The SMILES string of the molecule is COCCCNC(=O)c1nc(C(=O)NCCN(C)C)n2c1CCCC2. The molecule has 1 aliphatic heterocycles. The molecule has 2 amide bonds. The van der Waals surface area contributed by atoms with E-state index in [-0.39, 0.29) is 11.8 Å². The smallest absolute Gasteiger partial charge is 0.287 e. The van der Waals surface area contributed by atoms with Crippen molar-refractivity contribution in [1.29, 1.82) is 0 Å². The third-order valence-corrected chi connectivity index (χ3v) is 4.19. The molecule has 0 fully saturated rings. The molecule has 0 spiro atoms. The van der Waals surface area contributed by atoms with E-state index in [1.54, 1.807) is 7.11 Å². The molecule has 0 aromatic carbocycles. The summed E-state index contributed by atoms with van der Waals surface area (Å²) < 4.78 is 6.88. The molecule has 0 unspecified atom stereocenters. The van der Waals surface area contributed by atoms with Gasteiger partial charge in [-0.15, -0.1) is 0 Å². The number of nitrogens with zero attached hydrogens (tertiary/aromatic N) is 3. The maximum absolute atomic E-state index is 12.5. The van der Waals surface area contributed by atoms with Crippen molar-refractivity contribution in [3.8, 4) is 0 Å². The Morgan fingerprint density at radius 2 is 1.96 bits per heavy atom. The van der Waals surface area contributed by atoms with Crippen LogP contribution in [0.15, 0.2) is 0 Å². The highest BCUT2D eigenvalue weighted by Gasteiger charge is 2.27. The first-order chi connectivity index (χ1) is 12.0. The van der Waals surface area contributed by atoms with Crippen molar-refractivity contribution in [2.45, 2.75) is 32.2 Å². The zero-order chi connectivity index (χ0) is 18.2. The summed E-state index contributed by atoms with van der Waals surface area (Å²) >= 11 is 0. The van der Waals surface area contributed by atoms with Crippen molar-refractivity contribution in [2.75, 3.05) is 47.4 Å². The second-order valence-electron chi connectivity index (χ2n) is 6.50. The van der Waals surface area contributed by atoms with Gasteiger partial charge in [-0.05, 0) is 39.8 Å². The summed E-state index contributed by atoms with van der Waals surface area (Å²) in [5.74, 6) is -0.0898. The van der Waals surface area contributed by atoms with Crippen LogP contribution < -0.4 is 10.6 Å². The maximum Gasteiger partial charge on any atom is 0.287 e. The lowest BCUT2D eigenvalue weighted by atomic mass is 10.1. The standard InChI is InChI=1S/C17H29N5O3/c1-21(2)11-9-19-17(24)15-20-14(13-7-4-5-10-22(13)15)16(23)18-8-6-12-25-3/h4-12H2,1-3H3,(H,18,23)(H,19,24). The summed E-state index contributed by atoms with van der Waals surface area (Å²) in [5.41, 5.74) is 1.25. The summed E-state index contributed by atoms with van der Waals surface area (Å²) in [6.07, 6.45) is 3.53. The van der Waals surface area contributed by atoms with Crippen LogP contribution in [0.1, 0.15) is 46.1 Å². The van der Waals surface area contributed by atoms with E-state index in [9.17, 15) is 9.59 Å². The van der Waals surface area contributed by atoms with Crippen LogP contribution in [-0.2, 0) is 17.7 Å². The van der Waals surface area contributed by atoms with E-state index in [1.807, 2.05) is 23.6 Å². The van der Waals surface area contributed by atoms with Gasteiger partial charge in [-0.3, -0.25) is 9.59 Å². The van der Waals surface area contributed by atoms with Crippen molar-refractivity contribution in [3.05, 3.63) is 17.2 Å². The predicted octanol–water partition coefficient (Wildman–Crippen LogP) is 0.277. The molecule has 1 aliphatic rings. The van der Waals surface area contributed by atoms with E-state index in [4.69, 9.17) is 4.74 Å². The molecule has 0 radical (unpaired) electrons. The van der Waals surface area contributed by atoms with E-state index in [0.717, 1.165) is 44.5 Å². The molecule has 0 saturated carbocycles. The number of aromatic nitrogens is 2. The van der Waals surface area contributed by atoms with Gasteiger partial charge in [0.2, 0.25) is 0 Å². The Morgan fingerprint density at radius 3 is 2.68 bits per heavy atom. The molecule has 2 N–H and O–H groups in total. The van der Waals surface area contributed by atoms with Crippen molar-refractivity contribution < 1.29 is 14.3 Å². The summed E-state index contributed by atoms with van der Waals surface area (Å²) in [5, 5.41) is 5.74. The number of methoxy groups -OCH3 is 1. The minimum absolute atomic E-state index is 0.214. The van der Waals surface area contributed by atoms with E-state index < -0.39 is 0 Å². The number of rotatable bonds is 9. The number of imidazole rings is 1. The lowest BCUT2D eigenvalue weighted by Gasteiger charge is -2.17. The van der Waals surface area contributed by atoms with Gasteiger partial charge in [-0.1, -0.05) is 0 Å². The second-order valence-corrected chi connectivity index (χ2v) is 6.50. The molecule has 8 heteroatoms. The number of hydrogen-bond donors (Lipinski definition) is 2. The largest absolute Gasteiger partial charge is 0.385 e. The number of ether oxygens (including phenoxy) is 1. The zero-order valence-corrected chi connectivity index (χ0v) is 15.4. The molecule has 0 saturated heterocycles. The van der Waals surface area contributed by atoms with Crippen LogP contribution >= 0.6 is 0 Å². The summed E-state index contributed by atoms with van der Waals surface area (Å²) in [6.45, 7) is 3.17. The van der Waals surface area contributed by atoms with E-state index in [0.29, 0.717) is 31.2 Å². The van der Waals surface area contributed by atoms with Crippen LogP contribution in [-0.4, -0.2) is 73.7 Å². The van der Waals surface area contributed by atoms with Gasteiger partial charge in [-0.25, -0.2) is 4.98 Å². The van der Waals surface area contributed by atoms with Gasteiger partial charge in [0.1, 0.15) is 5.69 Å². The topological polar surface area (TPSA) is 88.5 Å². The monoisotopic (exact) mass is 351 g/mol. The first-order valence-electron chi connectivity index (χ1n) is 8.84. The third kappa shape index (κ3) is 5.27. The molecular formula is C17H29N5O3. The summed E-state index contributed by atoms with van der Waals surface area (Å²) in [7, 11) is 5.54. The van der Waals surface area contributed by atoms with E-state index in [1.165, 1.54) is 0 Å². The van der Waals surface area contributed by atoms with E-state index >= 15 is 0 Å². The Bertz CT molecular complexity index is 597. The van der Waals surface area contributed by atoms with Crippen molar-refractivity contribution in [3.63, 3.8) is 0 Å². The molecule has 0 atom stereocenters. The van der Waals surface area contributed by atoms with Crippen LogP contribution in [0.2, 0.25) is 0 Å². The Labute approximate surface area is 148 Å². The number of carbonyl (C=O) groups excluding carboxylic acids is 2. The van der Waals surface area contributed by atoms with E-state index in [2.05, 4.69) is 15.6 Å². The highest BCUT2D eigenvalue weighted by molar-refractivity contribution is 5.97. The lowest BCUT2D eigenvalue weighted by Crippen LogP contribution is -2.33. The number of carbonyl (C=O) groups is 2. The first-order valence-corrected chi connectivity index (χ1v) is 8.84. The molecule has 25 heavy (non-hydrogen) atoms. The third-order valence-electron chi connectivity index (χ3n) is 4.19. The lowest BCUT2D eigenvalue weighted by molar-refractivity contribution is 0.0935. The van der Waals surface area contributed by atoms with Gasteiger partial charge in [0.25, 0.3) is 11.8 Å². The van der Waals surface area contributed by atoms with Crippen LogP contribution in [0, 0.1) is 0 Å². The summed E-state index contributed by atoms with van der Waals surface area (Å²) in [6, 6.07) is 0. The Balaban J connectivity index is 2.09. The molecule has 0 bridgehead atoms. The van der Waals surface area contributed by atoms with Gasteiger partial charge >= 0.3 is 0 Å². The van der Waals surface area contributed by atoms with Crippen LogP contribution in [0.5, 0.6) is 0 Å². The van der Waals surface area contributed by atoms with Crippen molar-refractivity contribution in [1.82, 2.24) is 25.1 Å². The van der Waals surface area contributed by atoms with Gasteiger partial charge in [0.05, 0.1) is 5.69 Å². The molecule has 8 nitrogen and oxygen atoms in total. The Hall–Kier alpha value is -1.93. The average molecular weight is 351 g/mol. The Kier molecular flexibility index (Phi) is 7.39. The molecule has 1 aromatic rings. The van der Waals surface area contributed by atoms with Crippen molar-refractivity contribution >= 4 is 11.8 Å². The molecule has 0 aliphatic carbocycles. The fraction of sp³-hybridized carbons (Fsp3) is 0.706. The van der Waals surface area contributed by atoms with Gasteiger partial charge < -0.3 is 24.8 Å². The molecule has 140 valence electrons. The van der Waals surface area contributed by atoms with Gasteiger partial charge in [0.15, 0.2) is 5.82 Å². The minimum Gasteiger partial charge on any atom is -0.385 e. The second kappa shape index (κ2) is 9.53.